The number of aryl methyl sites for hydroxylation is 1. The van der Waals surface area contributed by atoms with Crippen LogP contribution in [0.4, 0.5) is 5.69 Å². The fourth-order valence-corrected chi connectivity index (χ4v) is 6.11. The van der Waals surface area contributed by atoms with Crippen LogP contribution in [0.25, 0.3) is 11.2 Å². The number of rotatable bonds is 5. The van der Waals surface area contributed by atoms with Gasteiger partial charge in [0.05, 0.1) is 5.52 Å². The lowest BCUT2D eigenvalue weighted by atomic mass is 9.68. The molecule has 8 heteroatoms. The third-order valence-corrected chi connectivity index (χ3v) is 8.52. The molecule has 2 unspecified atom stereocenters. The molecule has 2 amide bonds. The first-order valence-corrected chi connectivity index (χ1v) is 14.1. The molecule has 208 valence electrons. The van der Waals surface area contributed by atoms with Crippen LogP contribution in [0.3, 0.4) is 0 Å². The molecule has 2 atom stereocenters. The number of carbonyl (C=O) groups excluding carboxylic acids is 2. The van der Waals surface area contributed by atoms with Crippen LogP contribution in [0.2, 0.25) is 0 Å². The average Bonchev–Trinajstić information content (AvgIpc) is 3.42. The minimum atomic E-state index is -0.153. The van der Waals surface area contributed by atoms with Crippen LogP contribution < -0.4 is 15.9 Å². The second kappa shape index (κ2) is 9.96. The highest BCUT2D eigenvalue weighted by molar-refractivity contribution is 5.97. The largest absolute Gasteiger partial charge is 0.349 e. The van der Waals surface area contributed by atoms with Crippen molar-refractivity contribution in [2.75, 3.05) is 11.4 Å². The summed E-state index contributed by atoms with van der Waals surface area (Å²) in [7, 11) is 1.76. The molecular formula is C31H41N5O3. The summed E-state index contributed by atoms with van der Waals surface area (Å²) in [4.78, 5) is 47.6. The van der Waals surface area contributed by atoms with E-state index in [0.717, 1.165) is 61.1 Å². The molecule has 0 spiro atoms. The number of hydrogen-bond donors (Lipinski definition) is 2. The van der Waals surface area contributed by atoms with Gasteiger partial charge in [0, 0.05) is 48.9 Å². The van der Waals surface area contributed by atoms with E-state index in [-0.39, 0.29) is 40.3 Å². The Labute approximate surface area is 230 Å². The number of anilines is 1. The molecule has 1 saturated heterocycles. The van der Waals surface area contributed by atoms with Crippen molar-refractivity contribution in [3.8, 4) is 0 Å². The summed E-state index contributed by atoms with van der Waals surface area (Å²) in [5.41, 5.74) is 4.90. The van der Waals surface area contributed by atoms with E-state index < -0.39 is 0 Å². The maximum absolute atomic E-state index is 13.3. The SMILES string of the molecule is Cn1c(=O)[nH]c2c(CC(C)(C)C)cc(C3CCC(C)(C)C(NC(=O)c4ccc(N5CCCC5=O)cc4)C3)nc21. The summed E-state index contributed by atoms with van der Waals surface area (Å²) in [6.07, 6.45) is 5.00. The van der Waals surface area contributed by atoms with Crippen LogP contribution in [-0.2, 0) is 18.3 Å². The summed E-state index contributed by atoms with van der Waals surface area (Å²) in [6.45, 7) is 11.8. The van der Waals surface area contributed by atoms with Crippen LogP contribution >= 0.6 is 0 Å². The summed E-state index contributed by atoms with van der Waals surface area (Å²) in [6, 6.07) is 9.49. The first-order valence-electron chi connectivity index (χ1n) is 14.1. The Hall–Kier alpha value is -3.42. The molecule has 1 aromatic carbocycles. The summed E-state index contributed by atoms with van der Waals surface area (Å²) in [5.74, 6) is 0.220. The molecule has 1 aliphatic carbocycles. The summed E-state index contributed by atoms with van der Waals surface area (Å²) >= 11 is 0. The van der Waals surface area contributed by atoms with Gasteiger partial charge in [0.2, 0.25) is 5.91 Å². The molecular weight excluding hydrogens is 490 g/mol. The Balaban J connectivity index is 1.38. The predicted molar refractivity (Wildman–Crippen MR) is 154 cm³/mol. The van der Waals surface area contributed by atoms with Gasteiger partial charge in [0.15, 0.2) is 5.65 Å². The van der Waals surface area contributed by atoms with E-state index in [2.05, 4.69) is 51.0 Å². The molecule has 2 N–H and O–H groups in total. The monoisotopic (exact) mass is 531 g/mol. The number of imidazole rings is 1. The van der Waals surface area contributed by atoms with Gasteiger partial charge >= 0.3 is 5.69 Å². The van der Waals surface area contributed by atoms with Crippen LogP contribution in [0.15, 0.2) is 35.1 Å². The van der Waals surface area contributed by atoms with Gasteiger partial charge in [-0.1, -0.05) is 34.6 Å². The number of hydrogen-bond acceptors (Lipinski definition) is 4. The quantitative estimate of drug-likeness (QED) is 0.480. The standard InChI is InChI=1S/C31H41N5O3/c1-30(2,3)18-21-16-23(32-27-26(21)34-29(39)35(27)6)20-13-14-31(4,5)24(17-20)33-28(38)19-9-11-22(12-10-19)36-15-7-8-25(36)37/h9-12,16,20,24H,7-8,13-15,17-18H2,1-6H3,(H,33,38)(H,34,39). The number of aromatic nitrogens is 3. The van der Waals surface area contributed by atoms with Gasteiger partial charge < -0.3 is 15.2 Å². The van der Waals surface area contributed by atoms with Crippen molar-refractivity contribution in [1.82, 2.24) is 19.9 Å². The second-order valence-electron chi connectivity index (χ2n) is 13.3. The van der Waals surface area contributed by atoms with E-state index in [1.165, 1.54) is 0 Å². The highest BCUT2D eigenvalue weighted by atomic mass is 16.2. The van der Waals surface area contributed by atoms with Crippen molar-refractivity contribution in [1.29, 1.82) is 0 Å². The third-order valence-electron chi connectivity index (χ3n) is 8.52. The number of carbonyl (C=O) groups is 2. The van der Waals surface area contributed by atoms with Gasteiger partial charge in [-0.05, 0) is 78.8 Å². The smallest absolute Gasteiger partial charge is 0.327 e. The Morgan fingerprint density at radius 2 is 1.90 bits per heavy atom. The Morgan fingerprint density at radius 1 is 1.18 bits per heavy atom. The number of benzene rings is 1. The predicted octanol–water partition coefficient (Wildman–Crippen LogP) is 5.07. The first-order chi connectivity index (χ1) is 18.3. The van der Waals surface area contributed by atoms with E-state index in [4.69, 9.17) is 4.98 Å². The van der Waals surface area contributed by atoms with Gasteiger partial charge in [-0.25, -0.2) is 9.78 Å². The van der Waals surface area contributed by atoms with Crippen molar-refractivity contribution in [3.05, 3.63) is 57.6 Å². The van der Waals surface area contributed by atoms with E-state index in [9.17, 15) is 14.4 Å². The maximum Gasteiger partial charge on any atom is 0.327 e. The van der Waals surface area contributed by atoms with Gasteiger partial charge in [0.25, 0.3) is 5.91 Å². The van der Waals surface area contributed by atoms with Crippen LogP contribution in [0.1, 0.15) is 94.3 Å². The molecule has 3 heterocycles. The Kier molecular flexibility index (Phi) is 6.93. The van der Waals surface area contributed by atoms with Crippen LogP contribution in [0, 0.1) is 10.8 Å². The maximum atomic E-state index is 13.3. The van der Waals surface area contributed by atoms with Crippen molar-refractivity contribution in [2.45, 2.75) is 85.1 Å². The zero-order valence-corrected chi connectivity index (χ0v) is 24.1. The fourth-order valence-electron chi connectivity index (χ4n) is 6.11. The molecule has 5 rings (SSSR count). The zero-order valence-electron chi connectivity index (χ0n) is 24.1. The highest BCUT2D eigenvalue weighted by Gasteiger charge is 2.39. The van der Waals surface area contributed by atoms with Crippen LogP contribution in [-0.4, -0.2) is 38.9 Å². The van der Waals surface area contributed by atoms with Crippen LogP contribution in [0.5, 0.6) is 0 Å². The van der Waals surface area contributed by atoms with Crippen molar-refractivity contribution >= 4 is 28.7 Å². The van der Waals surface area contributed by atoms with Gasteiger partial charge in [-0.2, -0.15) is 0 Å². The number of amides is 2. The molecule has 8 nitrogen and oxygen atoms in total. The molecule has 0 bridgehead atoms. The lowest BCUT2D eigenvalue weighted by Gasteiger charge is -2.42. The number of pyridine rings is 1. The number of aromatic amines is 1. The van der Waals surface area contributed by atoms with E-state index in [0.29, 0.717) is 17.6 Å². The lowest BCUT2D eigenvalue weighted by Crippen LogP contribution is -2.48. The second-order valence-corrected chi connectivity index (χ2v) is 13.3. The first kappa shape index (κ1) is 27.2. The molecule has 3 aromatic rings. The van der Waals surface area contributed by atoms with E-state index in [1.807, 2.05) is 24.3 Å². The van der Waals surface area contributed by atoms with E-state index in [1.54, 1.807) is 16.5 Å². The number of fused-ring (bicyclic) bond motifs is 1. The van der Waals surface area contributed by atoms with Crippen molar-refractivity contribution in [3.63, 3.8) is 0 Å². The molecule has 2 aromatic heterocycles. The summed E-state index contributed by atoms with van der Waals surface area (Å²) in [5, 5.41) is 3.32. The zero-order chi connectivity index (χ0) is 28.1. The summed E-state index contributed by atoms with van der Waals surface area (Å²) < 4.78 is 1.59. The molecule has 2 fully saturated rings. The number of nitrogens with one attached hydrogen (secondary N) is 2. The minimum absolute atomic E-state index is 0.0257. The van der Waals surface area contributed by atoms with Crippen molar-refractivity contribution < 1.29 is 9.59 Å². The Bertz CT molecular complexity index is 1460. The number of H-pyrrole nitrogens is 1. The van der Waals surface area contributed by atoms with Gasteiger partial charge in [-0.15, -0.1) is 0 Å². The number of nitrogens with zero attached hydrogens (tertiary/aromatic N) is 3. The third kappa shape index (κ3) is 5.52. The minimum Gasteiger partial charge on any atom is -0.349 e. The average molecular weight is 532 g/mol. The molecule has 2 aliphatic rings. The topological polar surface area (TPSA) is 100 Å². The van der Waals surface area contributed by atoms with Crippen molar-refractivity contribution in [2.24, 2.45) is 17.9 Å². The van der Waals surface area contributed by atoms with E-state index >= 15 is 0 Å². The lowest BCUT2D eigenvalue weighted by molar-refractivity contribution is -0.117. The normalized spacial score (nSPS) is 21.5. The van der Waals surface area contributed by atoms with Gasteiger partial charge in [0.1, 0.15) is 0 Å². The molecule has 1 saturated carbocycles. The molecule has 0 radical (unpaired) electrons. The van der Waals surface area contributed by atoms with Gasteiger partial charge in [-0.3, -0.25) is 14.2 Å². The fraction of sp³-hybridized carbons (Fsp3) is 0.548. The highest BCUT2D eigenvalue weighted by Crippen LogP contribution is 2.43. The molecule has 39 heavy (non-hydrogen) atoms. The Morgan fingerprint density at radius 3 is 2.54 bits per heavy atom. The molecule has 1 aliphatic heterocycles.